The molecule has 4 fully saturated rings. The second kappa shape index (κ2) is 11.3. The van der Waals surface area contributed by atoms with Crippen LogP contribution in [0.25, 0.3) is 0 Å². The lowest BCUT2D eigenvalue weighted by molar-refractivity contribution is -0.140. The van der Waals surface area contributed by atoms with Crippen molar-refractivity contribution >= 4 is 29.4 Å². The van der Waals surface area contributed by atoms with Gasteiger partial charge in [-0.2, -0.15) is 0 Å². The summed E-state index contributed by atoms with van der Waals surface area (Å²) >= 11 is 0. The topological polar surface area (TPSA) is 147 Å². The van der Waals surface area contributed by atoms with E-state index in [9.17, 15) is 24.0 Å². The molecule has 0 spiro atoms. The smallest absolute Gasteiger partial charge is 0.315 e. The van der Waals surface area contributed by atoms with E-state index >= 15 is 0 Å². The Morgan fingerprint density at radius 2 is 1.58 bits per heavy atom. The summed E-state index contributed by atoms with van der Waals surface area (Å²) in [5.41, 5.74) is 4.86. The van der Waals surface area contributed by atoms with Gasteiger partial charge in [0.2, 0.25) is 11.7 Å². The zero-order valence-corrected chi connectivity index (χ0v) is 23.4. The van der Waals surface area contributed by atoms with Crippen molar-refractivity contribution in [3.05, 3.63) is 0 Å². The van der Waals surface area contributed by atoms with Gasteiger partial charge < -0.3 is 21.7 Å². The van der Waals surface area contributed by atoms with Crippen LogP contribution in [0.4, 0.5) is 4.79 Å². The molecular weight excluding hydrogens is 484 g/mol. The lowest BCUT2D eigenvalue weighted by atomic mass is 9.75. The summed E-state index contributed by atoms with van der Waals surface area (Å²) in [6.45, 7) is 7.78. The molecule has 4 rings (SSSR count). The van der Waals surface area contributed by atoms with Gasteiger partial charge >= 0.3 is 6.03 Å². The minimum atomic E-state index is -1.04. The van der Waals surface area contributed by atoms with Gasteiger partial charge in [-0.25, -0.2) is 4.79 Å². The van der Waals surface area contributed by atoms with Gasteiger partial charge in [0.05, 0.1) is 18.0 Å². The van der Waals surface area contributed by atoms with E-state index in [4.69, 9.17) is 5.73 Å². The van der Waals surface area contributed by atoms with Crippen molar-refractivity contribution < 1.29 is 24.0 Å². The third kappa shape index (κ3) is 6.40. The molecule has 212 valence electrons. The highest BCUT2D eigenvalue weighted by Crippen LogP contribution is 2.63. The first-order valence-corrected chi connectivity index (χ1v) is 14.6. The van der Waals surface area contributed by atoms with E-state index in [0.29, 0.717) is 24.7 Å². The molecule has 0 saturated heterocycles. The number of carbonyl (C=O) groups excluding carboxylic acids is 5. The first kappa shape index (κ1) is 28.6. The summed E-state index contributed by atoms with van der Waals surface area (Å²) in [5.74, 6) is -2.28. The van der Waals surface area contributed by atoms with Crippen LogP contribution in [0, 0.1) is 41.4 Å². The third-order valence-electron chi connectivity index (χ3n) is 9.55. The van der Waals surface area contributed by atoms with Crippen LogP contribution in [-0.4, -0.2) is 47.0 Å². The van der Waals surface area contributed by atoms with Crippen molar-refractivity contribution in [2.24, 2.45) is 47.2 Å². The van der Waals surface area contributed by atoms with E-state index in [1.54, 1.807) is 0 Å². The Kier molecular flexibility index (Phi) is 8.52. The first-order chi connectivity index (χ1) is 17.9. The average molecular weight is 531 g/mol. The molecule has 0 bridgehead atoms. The normalized spacial score (nSPS) is 30.8. The number of Topliss-reactive ketones (excluding diaryl/α,β-unsaturated/α-hetero) is 2. The first-order valence-electron chi connectivity index (χ1n) is 14.6. The zero-order valence-electron chi connectivity index (χ0n) is 23.4. The molecule has 9 nitrogen and oxygen atoms in total. The number of nitrogens with two attached hydrogens (primary N) is 1. The second-order valence-electron chi connectivity index (χ2n) is 13.4. The number of amides is 4. The summed E-state index contributed by atoms with van der Waals surface area (Å²) in [4.78, 5) is 65.0. The highest BCUT2D eigenvalue weighted by Gasteiger charge is 2.64. The lowest BCUT2D eigenvalue weighted by Crippen LogP contribution is -2.56. The van der Waals surface area contributed by atoms with Gasteiger partial charge in [-0.15, -0.1) is 0 Å². The maximum Gasteiger partial charge on any atom is 0.315 e. The van der Waals surface area contributed by atoms with Crippen LogP contribution in [0.15, 0.2) is 0 Å². The molecule has 4 aliphatic carbocycles. The van der Waals surface area contributed by atoms with Crippen LogP contribution in [0.2, 0.25) is 0 Å². The van der Waals surface area contributed by atoms with Crippen LogP contribution in [-0.2, 0) is 19.2 Å². The summed E-state index contributed by atoms with van der Waals surface area (Å²) in [5, 5.41) is 8.75. The van der Waals surface area contributed by atoms with Crippen LogP contribution >= 0.6 is 0 Å². The quantitative estimate of drug-likeness (QED) is 0.321. The molecule has 4 aliphatic rings. The van der Waals surface area contributed by atoms with Gasteiger partial charge in [0.15, 0.2) is 5.78 Å². The summed E-state index contributed by atoms with van der Waals surface area (Å²) in [6.07, 6.45) is 8.94. The largest absolute Gasteiger partial charge is 0.363 e. The fourth-order valence-electron chi connectivity index (χ4n) is 7.27. The van der Waals surface area contributed by atoms with E-state index in [1.807, 2.05) is 20.8 Å². The molecule has 0 radical (unpaired) electrons. The minimum Gasteiger partial charge on any atom is -0.363 e. The van der Waals surface area contributed by atoms with Gasteiger partial charge in [0, 0.05) is 11.5 Å². The van der Waals surface area contributed by atoms with Crippen LogP contribution in [0.3, 0.4) is 0 Å². The van der Waals surface area contributed by atoms with Crippen molar-refractivity contribution in [3.8, 4) is 0 Å². The van der Waals surface area contributed by atoms with Crippen molar-refractivity contribution in [2.75, 3.05) is 0 Å². The van der Waals surface area contributed by atoms with Gasteiger partial charge in [-0.05, 0) is 76.0 Å². The van der Waals surface area contributed by atoms with Crippen LogP contribution < -0.4 is 21.7 Å². The molecule has 7 atom stereocenters. The van der Waals surface area contributed by atoms with E-state index in [2.05, 4.69) is 22.9 Å². The number of carbonyl (C=O) groups is 5. The summed E-state index contributed by atoms with van der Waals surface area (Å²) in [6, 6.07) is -1.96. The fraction of sp³-hybridized carbons (Fsp3) is 0.828. The number of urea groups is 1. The van der Waals surface area contributed by atoms with E-state index in [1.165, 1.54) is 0 Å². The predicted molar refractivity (Wildman–Crippen MR) is 143 cm³/mol. The maximum atomic E-state index is 14.1. The van der Waals surface area contributed by atoms with E-state index in [-0.39, 0.29) is 35.5 Å². The SMILES string of the molecule is CC1C2CC(C(=O)C(NC(=O)NC(C)(C)C)C3CCCCC3)C(C(=O)N[C@H](CC3CCC3)C(=O)C(N)=O)C12. The number of nitrogens with one attached hydrogen (secondary N) is 3. The predicted octanol–water partition coefficient (Wildman–Crippen LogP) is 2.85. The molecule has 6 unspecified atom stereocenters. The van der Waals surface area contributed by atoms with Gasteiger partial charge in [-0.3, -0.25) is 19.2 Å². The Morgan fingerprint density at radius 3 is 2.13 bits per heavy atom. The van der Waals surface area contributed by atoms with Crippen molar-refractivity contribution in [2.45, 2.75) is 110 Å². The molecule has 0 aromatic heterocycles. The zero-order chi connectivity index (χ0) is 27.8. The second-order valence-corrected chi connectivity index (χ2v) is 13.4. The Morgan fingerprint density at radius 1 is 0.921 bits per heavy atom. The number of rotatable bonds is 10. The van der Waals surface area contributed by atoms with Crippen molar-refractivity contribution in [1.29, 1.82) is 0 Å². The number of hydrogen-bond acceptors (Lipinski definition) is 5. The number of hydrogen-bond donors (Lipinski definition) is 4. The maximum absolute atomic E-state index is 14.1. The molecule has 9 heteroatoms. The Hall–Kier alpha value is -2.45. The Labute approximate surface area is 226 Å². The number of ketones is 2. The molecule has 4 amide bonds. The fourth-order valence-corrected chi connectivity index (χ4v) is 7.27. The number of primary amides is 1. The molecule has 38 heavy (non-hydrogen) atoms. The third-order valence-corrected chi connectivity index (χ3v) is 9.55. The molecule has 4 saturated carbocycles. The summed E-state index contributed by atoms with van der Waals surface area (Å²) in [7, 11) is 0. The molecule has 0 aromatic rings. The average Bonchev–Trinajstić information content (AvgIpc) is 3.25. The highest BCUT2D eigenvalue weighted by molar-refractivity contribution is 6.37. The minimum absolute atomic E-state index is 0.0443. The molecule has 0 heterocycles. The van der Waals surface area contributed by atoms with Crippen molar-refractivity contribution in [3.63, 3.8) is 0 Å². The molecule has 0 aromatic carbocycles. The van der Waals surface area contributed by atoms with Gasteiger partial charge in [-0.1, -0.05) is 45.4 Å². The monoisotopic (exact) mass is 530 g/mol. The van der Waals surface area contributed by atoms with Crippen LogP contribution in [0.5, 0.6) is 0 Å². The van der Waals surface area contributed by atoms with E-state index in [0.717, 1.165) is 51.4 Å². The highest BCUT2D eigenvalue weighted by atomic mass is 16.2. The summed E-state index contributed by atoms with van der Waals surface area (Å²) < 4.78 is 0. The molecule has 5 N–H and O–H groups in total. The molecular formula is C29H46N4O5. The molecule has 0 aliphatic heterocycles. The lowest BCUT2D eigenvalue weighted by Gasteiger charge is -2.35. The standard InChI is InChI=1S/C29H46N4O5/c1-15-18-14-19(24(34)23(17-11-6-5-7-12-17)32-28(38)33-29(2,3)4)22(21(15)18)27(37)31-20(25(35)26(30)36)13-16-9-8-10-16/h15-23H,5-14H2,1-4H3,(H2,30,36)(H,31,37)(H2,32,33,38)/t15?,18?,19?,20-,21?,22?,23?/m1/s1. The van der Waals surface area contributed by atoms with E-state index < -0.39 is 41.1 Å². The van der Waals surface area contributed by atoms with Gasteiger partial charge in [0.1, 0.15) is 0 Å². The van der Waals surface area contributed by atoms with Crippen LogP contribution in [0.1, 0.15) is 91.9 Å². The Bertz CT molecular complexity index is 949. The van der Waals surface area contributed by atoms with Crippen molar-refractivity contribution in [1.82, 2.24) is 16.0 Å². The number of fused-ring (bicyclic) bond motifs is 1. The van der Waals surface area contributed by atoms with Gasteiger partial charge in [0.25, 0.3) is 5.91 Å². The Balaban J connectivity index is 1.52.